The standard InChI is InChI=1S/C9H21N2O3P/c1-8-6-11(7-9(13-4)14-8)15(5,12)10(2)3/h8-9H,6-7H2,1-5H3. The molecule has 15 heavy (non-hydrogen) atoms. The predicted octanol–water partition coefficient (Wildman–Crippen LogP) is 1.06. The zero-order valence-corrected chi connectivity index (χ0v) is 11.0. The van der Waals surface area contributed by atoms with Crippen molar-refractivity contribution in [2.75, 3.05) is 41.0 Å². The second-order valence-corrected chi connectivity index (χ2v) is 7.20. The Kier molecular flexibility index (Phi) is 4.32. The lowest BCUT2D eigenvalue weighted by Gasteiger charge is -2.40. The lowest BCUT2D eigenvalue weighted by molar-refractivity contribution is -0.181. The summed E-state index contributed by atoms with van der Waals surface area (Å²) < 4.78 is 26.8. The maximum absolute atomic E-state index is 12.4. The normalized spacial score (nSPS) is 32.9. The zero-order valence-electron chi connectivity index (χ0n) is 10.1. The van der Waals surface area contributed by atoms with Gasteiger partial charge in [-0.25, -0.2) is 9.34 Å². The quantitative estimate of drug-likeness (QED) is 0.685. The molecule has 1 saturated heterocycles. The Morgan fingerprint density at radius 3 is 2.53 bits per heavy atom. The molecule has 3 unspecified atom stereocenters. The summed E-state index contributed by atoms with van der Waals surface area (Å²) in [4.78, 5) is 0. The molecule has 0 spiro atoms. The highest BCUT2D eigenvalue weighted by Gasteiger charge is 2.35. The van der Waals surface area contributed by atoms with Crippen LogP contribution in [0.5, 0.6) is 0 Å². The van der Waals surface area contributed by atoms with Crippen LogP contribution in [0.3, 0.4) is 0 Å². The van der Waals surface area contributed by atoms with Gasteiger partial charge >= 0.3 is 0 Å². The minimum absolute atomic E-state index is 0.0527. The molecule has 1 fully saturated rings. The van der Waals surface area contributed by atoms with Gasteiger partial charge in [-0.3, -0.25) is 4.57 Å². The van der Waals surface area contributed by atoms with Crippen molar-refractivity contribution in [2.45, 2.75) is 19.3 Å². The molecular formula is C9H21N2O3P. The lowest BCUT2D eigenvalue weighted by Crippen LogP contribution is -2.46. The maximum Gasteiger partial charge on any atom is 0.213 e. The van der Waals surface area contributed by atoms with E-state index in [1.54, 1.807) is 18.4 Å². The first-order valence-corrected chi connectivity index (χ1v) is 7.13. The zero-order chi connectivity index (χ0) is 11.6. The average Bonchev–Trinajstić information content (AvgIpc) is 2.16. The summed E-state index contributed by atoms with van der Waals surface area (Å²) >= 11 is 0. The van der Waals surface area contributed by atoms with Crippen molar-refractivity contribution in [3.63, 3.8) is 0 Å². The van der Waals surface area contributed by atoms with E-state index in [1.807, 2.05) is 25.7 Å². The molecule has 0 bridgehead atoms. The molecule has 3 atom stereocenters. The van der Waals surface area contributed by atoms with Crippen LogP contribution in [0, 0.1) is 0 Å². The van der Waals surface area contributed by atoms with Gasteiger partial charge in [0.25, 0.3) is 0 Å². The van der Waals surface area contributed by atoms with Crippen LogP contribution in [0.2, 0.25) is 0 Å². The molecule has 90 valence electrons. The number of morpholine rings is 1. The first-order chi connectivity index (χ1) is 6.87. The second-order valence-electron chi connectivity index (χ2n) is 4.17. The fraction of sp³-hybridized carbons (Fsp3) is 1.00. The minimum Gasteiger partial charge on any atom is -0.354 e. The van der Waals surface area contributed by atoms with Crippen molar-refractivity contribution in [1.82, 2.24) is 9.34 Å². The fourth-order valence-corrected chi connectivity index (χ4v) is 3.05. The SMILES string of the molecule is COC1CN(P(C)(=O)N(C)C)CC(C)O1. The molecule has 0 aromatic heterocycles. The topological polar surface area (TPSA) is 42.0 Å². The molecule has 1 rings (SSSR count). The highest BCUT2D eigenvalue weighted by Crippen LogP contribution is 2.48. The van der Waals surface area contributed by atoms with Crippen molar-refractivity contribution < 1.29 is 14.0 Å². The van der Waals surface area contributed by atoms with Gasteiger partial charge in [0, 0.05) is 20.3 Å². The Labute approximate surface area is 91.8 Å². The van der Waals surface area contributed by atoms with Crippen LogP contribution >= 0.6 is 7.44 Å². The number of methoxy groups -OCH3 is 1. The molecule has 6 heteroatoms. The minimum atomic E-state index is -2.42. The van der Waals surface area contributed by atoms with Gasteiger partial charge in [-0.05, 0) is 21.0 Å². The van der Waals surface area contributed by atoms with Gasteiger partial charge in [0.15, 0.2) is 6.29 Å². The Morgan fingerprint density at radius 1 is 1.47 bits per heavy atom. The largest absolute Gasteiger partial charge is 0.354 e. The van der Waals surface area contributed by atoms with Crippen LogP contribution in [0.1, 0.15) is 6.92 Å². The first-order valence-electron chi connectivity index (χ1n) is 5.07. The van der Waals surface area contributed by atoms with E-state index in [4.69, 9.17) is 9.47 Å². The molecule has 1 heterocycles. The van der Waals surface area contributed by atoms with Gasteiger partial charge in [0.05, 0.1) is 12.6 Å². The molecule has 1 aliphatic heterocycles. The molecular weight excluding hydrogens is 215 g/mol. The van der Waals surface area contributed by atoms with Gasteiger partial charge in [-0.1, -0.05) is 0 Å². The summed E-state index contributed by atoms with van der Waals surface area (Å²) in [5.41, 5.74) is 0. The van der Waals surface area contributed by atoms with Crippen molar-refractivity contribution in [3.05, 3.63) is 0 Å². The van der Waals surface area contributed by atoms with Crippen molar-refractivity contribution in [1.29, 1.82) is 0 Å². The number of nitrogens with zero attached hydrogens (tertiary/aromatic N) is 2. The van der Waals surface area contributed by atoms with E-state index < -0.39 is 7.44 Å². The van der Waals surface area contributed by atoms with Crippen LogP contribution in [-0.2, 0) is 14.0 Å². The average molecular weight is 236 g/mol. The third kappa shape index (κ3) is 3.02. The van der Waals surface area contributed by atoms with Gasteiger partial charge in [0.1, 0.15) is 0 Å². The van der Waals surface area contributed by atoms with E-state index in [2.05, 4.69) is 0 Å². The number of hydrogen-bond acceptors (Lipinski definition) is 3. The van der Waals surface area contributed by atoms with Crippen LogP contribution in [0.4, 0.5) is 0 Å². The summed E-state index contributed by atoms with van der Waals surface area (Å²) in [5, 5.41) is 0. The van der Waals surface area contributed by atoms with E-state index in [0.29, 0.717) is 13.1 Å². The first kappa shape index (κ1) is 13.1. The highest BCUT2D eigenvalue weighted by molar-refractivity contribution is 7.58. The molecule has 0 N–H and O–H groups in total. The van der Waals surface area contributed by atoms with E-state index in [0.717, 1.165) is 0 Å². The number of ether oxygens (including phenoxy) is 2. The summed E-state index contributed by atoms with van der Waals surface area (Å²) in [6, 6.07) is 0. The van der Waals surface area contributed by atoms with Crippen LogP contribution < -0.4 is 0 Å². The summed E-state index contributed by atoms with van der Waals surface area (Å²) in [6.45, 7) is 4.99. The van der Waals surface area contributed by atoms with Crippen molar-refractivity contribution in [2.24, 2.45) is 0 Å². The Hall–Kier alpha value is 0.0700. The molecule has 0 amide bonds. The summed E-state index contributed by atoms with van der Waals surface area (Å²) in [6.07, 6.45) is -0.223. The van der Waals surface area contributed by atoms with Gasteiger partial charge in [-0.2, -0.15) is 0 Å². The van der Waals surface area contributed by atoms with Crippen LogP contribution in [0.15, 0.2) is 0 Å². The van der Waals surface area contributed by atoms with Gasteiger partial charge < -0.3 is 9.47 Å². The lowest BCUT2D eigenvalue weighted by atomic mass is 10.3. The maximum atomic E-state index is 12.4. The van der Waals surface area contributed by atoms with Crippen molar-refractivity contribution >= 4 is 7.44 Å². The molecule has 0 aromatic rings. The summed E-state index contributed by atoms with van der Waals surface area (Å²) in [5.74, 6) is 0. The summed E-state index contributed by atoms with van der Waals surface area (Å²) in [7, 11) is 2.86. The second kappa shape index (κ2) is 4.93. The Bertz CT molecular complexity index is 260. The number of hydrogen-bond donors (Lipinski definition) is 0. The van der Waals surface area contributed by atoms with Crippen LogP contribution in [0.25, 0.3) is 0 Å². The molecule has 1 aliphatic rings. The van der Waals surface area contributed by atoms with Gasteiger partial charge in [-0.15, -0.1) is 0 Å². The van der Waals surface area contributed by atoms with E-state index in [-0.39, 0.29) is 12.4 Å². The predicted molar refractivity (Wildman–Crippen MR) is 60.1 cm³/mol. The molecule has 0 saturated carbocycles. The Morgan fingerprint density at radius 2 is 2.07 bits per heavy atom. The molecule has 5 nitrogen and oxygen atoms in total. The highest BCUT2D eigenvalue weighted by atomic mass is 31.2. The third-order valence-corrected chi connectivity index (χ3v) is 5.60. The third-order valence-electron chi connectivity index (χ3n) is 2.74. The smallest absolute Gasteiger partial charge is 0.213 e. The number of rotatable bonds is 3. The van der Waals surface area contributed by atoms with E-state index in [1.165, 1.54) is 0 Å². The van der Waals surface area contributed by atoms with E-state index >= 15 is 0 Å². The van der Waals surface area contributed by atoms with E-state index in [9.17, 15) is 4.57 Å². The Balaban J connectivity index is 2.73. The monoisotopic (exact) mass is 236 g/mol. The fourth-order valence-electron chi connectivity index (χ4n) is 1.57. The van der Waals surface area contributed by atoms with Gasteiger partial charge in [0.2, 0.25) is 7.44 Å². The molecule has 0 radical (unpaired) electrons. The molecule has 0 aromatic carbocycles. The molecule has 0 aliphatic carbocycles. The van der Waals surface area contributed by atoms with Crippen molar-refractivity contribution in [3.8, 4) is 0 Å². The van der Waals surface area contributed by atoms with Crippen LogP contribution in [-0.4, -0.2) is 62.7 Å².